The van der Waals surface area contributed by atoms with Crippen LogP contribution in [0.25, 0.3) is 0 Å². The van der Waals surface area contributed by atoms with E-state index in [9.17, 15) is 17.6 Å². The summed E-state index contributed by atoms with van der Waals surface area (Å²) >= 11 is 1.15. The van der Waals surface area contributed by atoms with E-state index in [1.807, 2.05) is 6.92 Å². The van der Waals surface area contributed by atoms with Gasteiger partial charge in [0.2, 0.25) is 5.91 Å². The number of amides is 1. The minimum Gasteiger partial charge on any atom is -0.290 e. The summed E-state index contributed by atoms with van der Waals surface area (Å²) in [6.45, 7) is 3.98. The molecule has 0 aliphatic carbocycles. The Balaban J connectivity index is 2.37. The third-order valence-electron chi connectivity index (χ3n) is 3.02. The van der Waals surface area contributed by atoms with Gasteiger partial charge in [-0.1, -0.05) is 18.7 Å². The van der Waals surface area contributed by atoms with Gasteiger partial charge < -0.3 is 0 Å². The quantitative estimate of drug-likeness (QED) is 0.849. The summed E-state index contributed by atoms with van der Waals surface area (Å²) in [6.07, 6.45) is 0.607. The van der Waals surface area contributed by atoms with E-state index in [0.717, 1.165) is 36.0 Å². The first-order valence-corrected chi connectivity index (χ1v) is 8.79. The van der Waals surface area contributed by atoms with Gasteiger partial charge in [-0.25, -0.2) is 4.39 Å². The Morgan fingerprint density at radius 1 is 1.29 bits per heavy atom. The van der Waals surface area contributed by atoms with Crippen LogP contribution in [0.5, 0.6) is 0 Å². The highest BCUT2D eigenvalue weighted by molar-refractivity contribution is 8.16. The standard InChI is InChI=1S/C13H15FN2O3S2/c1-3-11-12(17)16(4-2)13(20-11)15-21(18,19)10-7-5-9(14)6-8-10/h5-8,11H,3-4H2,1-2H3/b15-13+. The van der Waals surface area contributed by atoms with E-state index < -0.39 is 15.8 Å². The molecule has 21 heavy (non-hydrogen) atoms. The van der Waals surface area contributed by atoms with Crippen LogP contribution >= 0.6 is 11.8 Å². The van der Waals surface area contributed by atoms with Crippen molar-refractivity contribution in [3.8, 4) is 0 Å². The number of amidine groups is 1. The van der Waals surface area contributed by atoms with Crippen LogP contribution in [0.1, 0.15) is 20.3 Å². The molecule has 0 N–H and O–H groups in total. The van der Waals surface area contributed by atoms with Crippen LogP contribution in [0, 0.1) is 5.82 Å². The van der Waals surface area contributed by atoms with Gasteiger partial charge in [-0.2, -0.15) is 8.42 Å². The third kappa shape index (κ3) is 3.26. The zero-order valence-corrected chi connectivity index (χ0v) is 13.2. The lowest BCUT2D eigenvalue weighted by atomic mass is 10.3. The summed E-state index contributed by atoms with van der Waals surface area (Å²) in [7, 11) is -3.95. The maximum absolute atomic E-state index is 12.9. The molecule has 1 heterocycles. The lowest BCUT2D eigenvalue weighted by Gasteiger charge is -2.12. The molecule has 1 aliphatic rings. The van der Waals surface area contributed by atoms with Crippen molar-refractivity contribution in [2.24, 2.45) is 4.40 Å². The highest BCUT2D eigenvalue weighted by atomic mass is 32.2. The number of nitrogens with zero attached hydrogens (tertiary/aromatic N) is 2. The Hall–Kier alpha value is -1.41. The molecule has 1 atom stereocenters. The molecule has 1 amide bonds. The van der Waals surface area contributed by atoms with Crippen molar-refractivity contribution in [3.05, 3.63) is 30.1 Å². The molecule has 1 aromatic rings. The molecule has 1 aromatic carbocycles. The highest BCUT2D eigenvalue weighted by Crippen LogP contribution is 2.30. The number of hydrogen-bond acceptors (Lipinski definition) is 4. The molecule has 8 heteroatoms. The molecule has 5 nitrogen and oxygen atoms in total. The summed E-state index contributed by atoms with van der Waals surface area (Å²) in [5, 5.41) is -0.120. The first kappa shape index (κ1) is 16.0. The zero-order chi connectivity index (χ0) is 15.6. The Kier molecular flexibility index (Phi) is 4.67. The van der Waals surface area contributed by atoms with Crippen molar-refractivity contribution >= 4 is 32.9 Å². The molecule has 1 saturated heterocycles. The van der Waals surface area contributed by atoms with Crippen molar-refractivity contribution in [2.45, 2.75) is 30.4 Å². The van der Waals surface area contributed by atoms with Gasteiger partial charge in [0, 0.05) is 6.54 Å². The van der Waals surface area contributed by atoms with E-state index in [2.05, 4.69) is 4.40 Å². The monoisotopic (exact) mass is 330 g/mol. The number of thioether (sulfide) groups is 1. The molecule has 0 saturated carbocycles. The average molecular weight is 330 g/mol. The summed E-state index contributed by atoms with van der Waals surface area (Å²) < 4.78 is 41.0. The highest BCUT2D eigenvalue weighted by Gasteiger charge is 2.37. The van der Waals surface area contributed by atoms with Crippen molar-refractivity contribution in [1.82, 2.24) is 4.90 Å². The van der Waals surface area contributed by atoms with Gasteiger partial charge in [0.25, 0.3) is 10.0 Å². The predicted octanol–water partition coefficient (Wildman–Crippen LogP) is 2.24. The minimum atomic E-state index is -3.95. The van der Waals surface area contributed by atoms with Crippen LogP contribution in [0.2, 0.25) is 0 Å². The van der Waals surface area contributed by atoms with Crippen molar-refractivity contribution in [2.75, 3.05) is 6.54 Å². The summed E-state index contributed by atoms with van der Waals surface area (Å²) in [4.78, 5) is 13.3. The van der Waals surface area contributed by atoms with Crippen LogP contribution in [0.4, 0.5) is 4.39 Å². The van der Waals surface area contributed by atoms with Crippen molar-refractivity contribution in [1.29, 1.82) is 0 Å². The van der Waals surface area contributed by atoms with Crippen molar-refractivity contribution in [3.63, 3.8) is 0 Å². The molecule has 2 rings (SSSR count). The van der Waals surface area contributed by atoms with Gasteiger partial charge in [0.1, 0.15) is 5.82 Å². The normalized spacial score (nSPS) is 21.3. The largest absolute Gasteiger partial charge is 0.290 e. The van der Waals surface area contributed by atoms with E-state index in [-0.39, 0.29) is 21.2 Å². The van der Waals surface area contributed by atoms with E-state index in [4.69, 9.17) is 0 Å². The van der Waals surface area contributed by atoms with Gasteiger partial charge in [-0.3, -0.25) is 9.69 Å². The van der Waals surface area contributed by atoms with Gasteiger partial charge in [-0.05, 0) is 37.6 Å². The Morgan fingerprint density at radius 3 is 2.43 bits per heavy atom. The van der Waals surface area contributed by atoms with E-state index in [1.165, 1.54) is 4.90 Å². The first-order valence-electron chi connectivity index (χ1n) is 6.47. The lowest BCUT2D eigenvalue weighted by molar-refractivity contribution is -0.126. The maximum atomic E-state index is 12.9. The van der Waals surface area contributed by atoms with Crippen LogP contribution in [0.15, 0.2) is 33.6 Å². The second-order valence-corrected chi connectivity index (χ2v) is 7.17. The van der Waals surface area contributed by atoms with Gasteiger partial charge in [-0.15, -0.1) is 4.40 Å². The number of halogens is 1. The fourth-order valence-corrected chi connectivity index (χ4v) is 4.24. The van der Waals surface area contributed by atoms with E-state index in [1.54, 1.807) is 6.92 Å². The Labute approximate surface area is 127 Å². The second kappa shape index (κ2) is 6.15. The number of benzene rings is 1. The van der Waals surface area contributed by atoms with E-state index >= 15 is 0 Å². The minimum absolute atomic E-state index is 0.0968. The molecular formula is C13H15FN2O3S2. The molecule has 1 fully saturated rings. The molecule has 0 aromatic heterocycles. The number of rotatable bonds is 4. The molecule has 0 bridgehead atoms. The summed E-state index contributed by atoms with van der Waals surface area (Å²) in [5.74, 6) is -0.647. The van der Waals surface area contributed by atoms with Gasteiger partial charge >= 0.3 is 0 Å². The van der Waals surface area contributed by atoms with Crippen LogP contribution in [-0.2, 0) is 14.8 Å². The second-order valence-electron chi connectivity index (χ2n) is 4.40. The van der Waals surface area contributed by atoms with E-state index in [0.29, 0.717) is 13.0 Å². The lowest BCUT2D eigenvalue weighted by Crippen LogP contribution is -2.32. The van der Waals surface area contributed by atoms with Crippen LogP contribution in [-0.4, -0.2) is 36.2 Å². The molecule has 1 unspecified atom stereocenters. The molecule has 0 radical (unpaired) electrons. The first-order chi connectivity index (χ1) is 9.89. The number of carbonyl (C=O) groups is 1. The molecule has 1 aliphatic heterocycles. The van der Waals surface area contributed by atoms with Crippen molar-refractivity contribution < 1.29 is 17.6 Å². The Morgan fingerprint density at radius 2 is 1.90 bits per heavy atom. The number of hydrogen-bond donors (Lipinski definition) is 0. The number of carbonyl (C=O) groups excluding carboxylic acids is 1. The smallest absolute Gasteiger partial charge is 0.284 e. The molecule has 0 spiro atoms. The fraction of sp³-hybridized carbons (Fsp3) is 0.385. The SMILES string of the molecule is CCC1S/C(=N/S(=O)(=O)c2ccc(F)cc2)N(CC)C1=O. The van der Waals surface area contributed by atoms with Crippen LogP contribution < -0.4 is 0 Å². The van der Waals surface area contributed by atoms with Crippen LogP contribution in [0.3, 0.4) is 0 Å². The summed E-state index contributed by atoms with van der Waals surface area (Å²) in [5.41, 5.74) is 0. The van der Waals surface area contributed by atoms with Gasteiger partial charge in [0.05, 0.1) is 10.1 Å². The predicted molar refractivity (Wildman–Crippen MR) is 80.1 cm³/mol. The van der Waals surface area contributed by atoms with Gasteiger partial charge in [0.15, 0.2) is 5.17 Å². The third-order valence-corrected chi connectivity index (χ3v) is 5.76. The Bertz CT molecular complexity index is 671. The number of sulfonamides is 1. The zero-order valence-electron chi connectivity index (χ0n) is 11.6. The fourth-order valence-electron chi connectivity index (χ4n) is 1.89. The summed E-state index contributed by atoms with van der Waals surface area (Å²) in [6, 6.07) is 4.44. The maximum Gasteiger partial charge on any atom is 0.284 e. The topological polar surface area (TPSA) is 66.8 Å². The average Bonchev–Trinajstić information content (AvgIpc) is 2.74. The molecular weight excluding hydrogens is 315 g/mol. The molecule has 114 valence electrons.